The number of fused-ring (bicyclic) bond motifs is 1. The van der Waals surface area contributed by atoms with Gasteiger partial charge in [-0.1, -0.05) is 53.7 Å². The molecule has 1 aliphatic heterocycles. The number of aromatic nitrogens is 3. The number of nitrogens with one attached hydrogen (secondary N) is 1. The summed E-state index contributed by atoms with van der Waals surface area (Å²) >= 11 is 0. The maximum Gasteiger partial charge on any atom is 0.459 e. The molecule has 5 N–H and O–H groups in total. The normalized spacial score (nSPS) is 24.0. The number of aliphatic hydroxyl groups is 2. The Morgan fingerprint density at radius 2 is 1.89 bits per heavy atom. The predicted molar refractivity (Wildman–Crippen MR) is 177 cm³/mol. The zero-order chi connectivity index (χ0) is 34.8. The molecule has 0 radical (unpaired) electrons. The van der Waals surface area contributed by atoms with Crippen LogP contribution in [0.15, 0.2) is 47.7 Å². The van der Waals surface area contributed by atoms with E-state index < -0.39 is 50.3 Å². The monoisotopic (exact) mass is 674 g/mol. The number of esters is 1. The standard InChI is InChI=1S/C32H47N6O8P/c1-9-31(6,7)18-43-29(41)20(2)37-47(42,46-22-12-10-21(11-13-22)30(3,4)5)44-16-24-26(39)27(40)32(45-24,17-34-8)25-15-14-23-28(33)35-19-36-38(23)25/h10-15,17,19-20,24,26-27,39-40H,9,16,18H2,1-8H3,(H,37,42)(H2,33,35,36)/t20-,24+,26+,27+,32-,47?/m0/s1. The molecule has 3 aromatic rings. The van der Waals surface area contributed by atoms with Crippen LogP contribution in [0.3, 0.4) is 0 Å². The minimum absolute atomic E-state index is 0.129. The van der Waals surface area contributed by atoms with Crippen molar-refractivity contribution in [2.75, 3.05) is 26.0 Å². The van der Waals surface area contributed by atoms with Crippen molar-refractivity contribution in [1.82, 2.24) is 19.7 Å². The minimum atomic E-state index is -4.34. The van der Waals surface area contributed by atoms with Crippen LogP contribution >= 0.6 is 7.75 Å². The fourth-order valence-electron chi connectivity index (χ4n) is 5.00. The van der Waals surface area contributed by atoms with Crippen molar-refractivity contribution in [3.05, 3.63) is 54.0 Å². The molecule has 1 aromatic carbocycles. The number of hydrogen-bond acceptors (Lipinski definition) is 12. The lowest BCUT2D eigenvalue weighted by molar-refractivity contribution is -0.148. The quantitative estimate of drug-likeness (QED) is 0.117. The molecule has 1 saturated heterocycles. The van der Waals surface area contributed by atoms with E-state index in [1.54, 1.807) is 24.3 Å². The first-order valence-electron chi connectivity index (χ1n) is 15.5. The number of ether oxygens (including phenoxy) is 2. The van der Waals surface area contributed by atoms with E-state index in [9.17, 15) is 19.6 Å². The van der Waals surface area contributed by atoms with E-state index in [4.69, 9.17) is 24.3 Å². The van der Waals surface area contributed by atoms with Gasteiger partial charge >= 0.3 is 13.7 Å². The third-order valence-electron chi connectivity index (χ3n) is 8.32. The highest BCUT2D eigenvalue weighted by Gasteiger charge is 2.56. The molecular formula is C32H47N6O8P. The SMILES string of the molecule is CCC(C)(C)COC(=O)[C@H](C)NP(=O)(OC[C@H]1O[C@@](C=NC)(c2ccc3c(N)ncnn23)[C@H](O)[C@@H]1O)Oc1ccc(C(C)(C)C)cc1. The molecule has 0 spiro atoms. The molecular weight excluding hydrogens is 627 g/mol. The first-order chi connectivity index (χ1) is 21.9. The van der Waals surface area contributed by atoms with Crippen LogP contribution in [0.1, 0.15) is 66.1 Å². The molecule has 1 aliphatic rings. The van der Waals surface area contributed by atoms with Gasteiger partial charge in [0, 0.05) is 13.3 Å². The average molecular weight is 675 g/mol. The molecule has 15 heteroatoms. The Morgan fingerprint density at radius 3 is 2.51 bits per heavy atom. The molecule has 1 unspecified atom stereocenters. The van der Waals surface area contributed by atoms with Gasteiger partial charge in [0.15, 0.2) is 11.4 Å². The second-order valence-electron chi connectivity index (χ2n) is 13.6. The molecule has 4 rings (SSSR count). The van der Waals surface area contributed by atoms with Gasteiger partial charge in [0.25, 0.3) is 0 Å². The number of aliphatic hydroxyl groups excluding tert-OH is 2. The van der Waals surface area contributed by atoms with E-state index in [1.807, 2.05) is 32.9 Å². The van der Waals surface area contributed by atoms with E-state index in [0.29, 0.717) is 11.2 Å². The Morgan fingerprint density at radius 1 is 1.21 bits per heavy atom. The fourth-order valence-corrected chi connectivity index (χ4v) is 6.51. The number of benzene rings is 1. The third-order valence-corrected chi connectivity index (χ3v) is 9.96. The average Bonchev–Trinajstić information content (AvgIpc) is 3.55. The van der Waals surface area contributed by atoms with Crippen molar-refractivity contribution in [2.45, 2.75) is 90.3 Å². The molecule has 47 heavy (non-hydrogen) atoms. The number of nitrogens with two attached hydrogens (primary N) is 1. The van der Waals surface area contributed by atoms with Gasteiger partial charge in [-0.05, 0) is 54.0 Å². The largest absolute Gasteiger partial charge is 0.464 e. The molecule has 1 fully saturated rings. The van der Waals surface area contributed by atoms with E-state index >= 15 is 0 Å². The zero-order valence-corrected chi connectivity index (χ0v) is 29.1. The lowest BCUT2D eigenvalue weighted by atomic mass is 9.87. The van der Waals surface area contributed by atoms with Gasteiger partial charge in [0.1, 0.15) is 41.9 Å². The van der Waals surface area contributed by atoms with Gasteiger partial charge in [-0.3, -0.25) is 14.3 Å². The summed E-state index contributed by atoms with van der Waals surface area (Å²) in [4.78, 5) is 21.0. The highest BCUT2D eigenvalue weighted by molar-refractivity contribution is 7.52. The summed E-state index contributed by atoms with van der Waals surface area (Å²) in [5, 5.41) is 29.4. The summed E-state index contributed by atoms with van der Waals surface area (Å²) in [6.45, 7) is 13.3. The van der Waals surface area contributed by atoms with E-state index in [2.05, 4.69) is 40.9 Å². The van der Waals surface area contributed by atoms with Gasteiger partial charge in [0.2, 0.25) is 0 Å². The first-order valence-corrected chi connectivity index (χ1v) is 17.0. The first kappa shape index (κ1) is 36.4. The van der Waals surface area contributed by atoms with Crippen LogP contribution < -0.4 is 15.3 Å². The Balaban J connectivity index is 1.60. The molecule has 3 heterocycles. The number of anilines is 1. The maximum atomic E-state index is 14.3. The van der Waals surface area contributed by atoms with Crippen LogP contribution in [-0.4, -0.2) is 81.6 Å². The number of hydrogen-bond donors (Lipinski definition) is 4. The number of carbonyl (C=O) groups is 1. The molecule has 0 amide bonds. The zero-order valence-electron chi connectivity index (χ0n) is 28.2. The van der Waals surface area contributed by atoms with Gasteiger partial charge in [0.05, 0.1) is 18.9 Å². The van der Waals surface area contributed by atoms with Crippen LogP contribution in [0.4, 0.5) is 5.82 Å². The molecule has 0 aliphatic carbocycles. The molecule has 2 aromatic heterocycles. The topological polar surface area (TPSA) is 192 Å². The lowest BCUT2D eigenvalue weighted by Crippen LogP contribution is -2.43. The fraction of sp³-hybridized carbons (Fsp3) is 0.562. The summed E-state index contributed by atoms with van der Waals surface area (Å²) in [5.74, 6) is -0.221. The van der Waals surface area contributed by atoms with Crippen molar-refractivity contribution in [3.8, 4) is 5.75 Å². The van der Waals surface area contributed by atoms with Crippen LogP contribution in [-0.2, 0) is 34.4 Å². The summed E-state index contributed by atoms with van der Waals surface area (Å²) in [6, 6.07) is 9.20. The summed E-state index contributed by atoms with van der Waals surface area (Å²) in [7, 11) is -2.85. The Hall–Kier alpha value is -3.39. The van der Waals surface area contributed by atoms with Gasteiger partial charge in [-0.15, -0.1) is 0 Å². The molecule has 258 valence electrons. The second-order valence-corrected chi connectivity index (χ2v) is 15.3. The van der Waals surface area contributed by atoms with Gasteiger partial charge in [-0.25, -0.2) is 14.1 Å². The Kier molecular flexibility index (Phi) is 10.9. The third kappa shape index (κ3) is 8.02. The van der Waals surface area contributed by atoms with Crippen molar-refractivity contribution in [2.24, 2.45) is 10.4 Å². The lowest BCUT2D eigenvalue weighted by Gasteiger charge is -2.28. The second kappa shape index (κ2) is 14.0. The number of carbonyl (C=O) groups excluding carboxylic acids is 1. The Bertz CT molecular complexity index is 1620. The number of nitrogens with zero attached hydrogens (tertiary/aromatic N) is 4. The van der Waals surface area contributed by atoms with Crippen LogP contribution in [0.5, 0.6) is 5.75 Å². The van der Waals surface area contributed by atoms with Gasteiger partial charge in [-0.2, -0.15) is 10.2 Å². The van der Waals surface area contributed by atoms with Crippen LogP contribution in [0.2, 0.25) is 0 Å². The highest BCUT2D eigenvalue weighted by Crippen LogP contribution is 2.47. The van der Waals surface area contributed by atoms with Crippen molar-refractivity contribution in [3.63, 3.8) is 0 Å². The van der Waals surface area contributed by atoms with E-state index in [-0.39, 0.29) is 29.0 Å². The Labute approximate surface area is 275 Å². The molecule has 0 saturated carbocycles. The summed E-state index contributed by atoms with van der Waals surface area (Å²) in [6.07, 6.45) is -0.885. The summed E-state index contributed by atoms with van der Waals surface area (Å²) < 4.78 is 39.2. The summed E-state index contributed by atoms with van der Waals surface area (Å²) in [5.41, 5.74) is 5.76. The maximum absolute atomic E-state index is 14.3. The number of nitrogen functional groups attached to an aromatic ring is 1. The van der Waals surface area contributed by atoms with Crippen molar-refractivity contribution < 1.29 is 38.1 Å². The van der Waals surface area contributed by atoms with E-state index in [1.165, 1.54) is 31.0 Å². The predicted octanol–water partition coefficient (Wildman–Crippen LogP) is 3.79. The molecule has 6 atom stereocenters. The molecule has 0 bridgehead atoms. The smallest absolute Gasteiger partial charge is 0.459 e. The van der Waals surface area contributed by atoms with Crippen LogP contribution in [0.25, 0.3) is 5.52 Å². The number of rotatable bonds is 13. The van der Waals surface area contributed by atoms with Crippen molar-refractivity contribution in [1.29, 1.82) is 0 Å². The van der Waals surface area contributed by atoms with Crippen molar-refractivity contribution >= 4 is 31.3 Å². The highest BCUT2D eigenvalue weighted by atomic mass is 31.2. The molecule has 14 nitrogen and oxygen atoms in total. The number of aliphatic imine (C=N–C) groups is 1. The van der Waals surface area contributed by atoms with Gasteiger partial charge < -0.3 is 29.9 Å². The van der Waals surface area contributed by atoms with Crippen LogP contribution in [0, 0.1) is 5.41 Å². The minimum Gasteiger partial charge on any atom is -0.464 e. The van der Waals surface area contributed by atoms with E-state index in [0.717, 1.165) is 12.0 Å².